The van der Waals surface area contributed by atoms with Crippen LogP contribution in [0.1, 0.15) is 0 Å². The van der Waals surface area contributed by atoms with Gasteiger partial charge in [0.05, 0.1) is 22.1 Å². The Balaban J connectivity index is 1.10. The summed E-state index contributed by atoms with van der Waals surface area (Å²) in [5.41, 5.74) is 15.2. The van der Waals surface area contributed by atoms with Crippen LogP contribution in [-0.4, -0.2) is 9.13 Å². The van der Waals surface area contributed by atoms with Crippen molar-refractivity contribution < 1.29 is 0 Å². The number of aromatic nitrogens is 2. The highest BCUT2D eigenvalue weighted by atomic mass is 15.1. The average Bonchev–Trinajstić information content (AvgIpc) is 3.81. The highest BCUT2D eigenvalue weighted by Gasteiger charge is 2.20. The minimum absolute atomic E-state index is 1.10. The minimum Gasteiger partial charge on any atom is -0.311 e. The maximum Gasteiger partial charge on any atom is 0.0619 e. The van der Waals surface area contributed by atoms with Gasteiger partial charge < -0.3 is 14.0 Å². The fourth-order valence-electron chi connectivity index (χ4n) is 8.72. The van der Waals surface area contributed by atoms with E-state index >= 15 is 0 Å². The van der Waals surface area contributed by atoms with Gasteiger partial charge in [0.25, 0.3) is 0 Å². The number of hydrogen-bond donors (Lipinski definition) is 0. The molecule has 0 fully saturated rings. The van der Waals surface area contributed by atoms with Crippen molar-refractivity contribution in [3.63, 3.8) is 0 Å². The zero-order chi connectivity index (χ0) is 37.7. The molecular weight excluding hydrogens is 691 g/mol. The number of para-hydroxylation sites is 6. The van der Waals surface area contributed by atoms with Crippen LogP contribution in [-0.2, 0) is 0 Å². The molecule has 2 aromatic heterocycles. The van der Waals surface area contributed by atoms with Gasteiger partial charge in [-0.15, -0.1) is 0 Å². The van der Waals surface area contributed by atoms with E-state index in [-0.39, 0.29) is 0 Å². The normalized spacial score (nSPS) is 11.5. The standard InChI is InChI=1S/C54H37N3/c1-4-16-41(17-5-1)55(42-18-6-2-7-19-42)44-34-30-39(31-35-44)49-36-40(37-50-48-24-12-15-27-53(48)57(54(49)50)43-20-8-3-9-21-43)38-28-32-45(33-29-38)56-51-25-13-10-22-46(51)47-23-11-14-26-52(47)56/h1-37H. The molecule has 0 aliphatic heterocycles. The van der Waals surface area contributed by atoms with Crippen molar-refractivity contribution in [2.75, 3.05) is 4.90 Å². The third kappa shape index (κ3) is 5.51. The minimum atomic E-state index is 1.10. The van der Waals surface area contributed by atoms with Crippen molar-refractivity contribution in [1.29, 1.82) is 0 Å². The molecule has 0 saturated heterocycles. The van der Waals surface area contributed by atoms with E-state index in [9.17, 15) is 0 Å². The van der Waals surface area contributed by atoms with Crippen LogP contribution >= 0.6 is 0 Å². The zero-order valence-electron chi connectivity index (χ0n) is 31.2. The molecule has 11 aromatic rings. The van der Waals surface area contributed by atoms with Crippen LogP contribution in [0.2, 0.25) is 0 Å². The Labute approximate surface area is 331 Å². The second kappa shape index (κ2) is 13.6. The molecular formula is C54H37N3. The topological polar surface area (TPSA) is 13.1 Å². The second-order valence-electron chi connectivity index (χ2n) is 14.6. The summed E-state index contributed by atoms with van der Waals surface area (Å²) >= 11 is 0. The summed E-state index contributed by atoms with van der Waals surface area (Å²) < 4.78 is 4.82. The summed E-state index contributed by atoms with van der Waals surface area (Å²) in [7, 11) is 0. The molecule has 0 N–H and O–H groups in total. The van der Waals surface area contributed by atoms with Gasteiger partial charge in [-0.1, -0.05) is 133 Å². The van der Waals surface area contributed by atoms with Crippen molar-refractivity contribution in [2.24, 2.45) is 0 Å². The van der Waals surface area contributed by atoms with Gasteiger partial charge in [0.1, 0.15) is 0 Å². The maximum absolute atomic E-state index is 2.43. The summed E-state index contributed by atoms with van der Waals surface area (Å²) in [6.45, 7) is 0. The Morgan fingerprint density at radius 1 is 0.281 bits per heavy atom. The lowest BCUT2D eigenvalue weighted by molar-refractivity contribution is 1.18. The van der Waals surface area contributed by atoms with E-state index in [1.165, 1.54) is 60.3 Å². The second-order valence-corrected chi connectivity index (χ2v) is 14.6. The highest BCUT2D eigenvalue weighted by molar-refractivity contribution is 6.15. The molecule has 0 saturated carbocycles. The molecule has 11 rings (SSSR count). The number of benzene rings is 9. The number of rotatable bonds is 7. The molecule has 0 radical (unpaired) electrons. The molecule has 0 unspecified atom stereocenters. The predicted octanol–water partition coefficient (Wildman–Crippen LogP) is 14.7. The van der Waals surface area contributed by atoms with Crippen LogP contribution < -0.4 is 4.90 Å². The number of fused-ring (bicyclic) bond motifs is 6. The van der Waals surface area contributed by atoms with Crippen molar-refractivity contribution in [3.8, 4) is 33.6 Å². The molecule has 0 atom stereocenters. The van der Waals surface area contributed by atoms with Crippen LogP contribution in [0.25, 0.3) is 77.2 Å². The van der Waals surface area contributed by atoms with E-state index in [0.717, 1.165) is 34.0 Å². The summed E-state index contributed by atoms with van der Waals surface area (Å²) in [4.78, 5) is 2.31. The highest BCUT2D eigenvalue weighted by Crippen LogP contribution is 2.43. The predicted molar refractivity (Wildman–Crippen MR) is 241 cm³/mol. The Kier molecular flexibility index (Phi) is 7.82. The average molecular weight is 728 g/mol. The van der Waals surface area contributed by atoms with Crippen molar-refractivity contribution >= 4 is 60.7 Å². The first-order chi connectivity index (χ1) is 28.3. The van der Waals surface area contributed by atoms with Crippen LogP contribution in [0.3, 0.4) is 0 Å². The van der Waals surface area contributed by atoms with E-state index < -0.39 is 0 Å². The molecule has 57 heavy (non-hydrogen) atoms. The molecule has 0 amide bonds. The summed E-state index contributed by atoms with van der Waals surface area (Å²) in [5, 5.41) is 5.00. The van der Waals surface area contributed by atoms with E-state index in [0.29, 0.717) is 0 Å². The lowest BCUT2D eigenvalue weighted by atomic mass is 9.95. The van der Waals surface area contributed by atoms with Gasteiger partial charge in [0.2, 0.25) is 0 Å². The molecule has 0 aliphatic rings. The van der Waals surface area contributed by atoms with Crippen molar-refractivity contribution in [3.05, 3.63) is 224 Å². The van der Waals surface area contributed by atoms with E-state index in [2.05, 4.69) is 238 Å². The third-order valence-corrected chi connectivity index (χ3v) is 11.3. The largest absolute Gasteiger partial charge is 0.311 e. The molecule has 268 valence electrons. The van der Waals surface area contributed by atoms with Crippen LogP contribution in [0.5, 0.6) is 0 Å². The molecule has 3 heteroatoms. The Hall–Kier alpha value is -7.62. The van der Waals surface area contributed by atoms with Crippen molar-refractivity contribution in [1.82, 2.24) is 9.13 Å². The molecule has 9 aromatic carbocycles. The molecule has 0 aliphatic carbocycles. The fraction of sp³-hybridized carbons (Fsp3) is 0. The molecule has 3 nitrogen and oxygen atoms in total. The fourth-order valence-corrected chi connectivity index (χ4v) is 8.72. The van der Waals surface area contributed by atoms with Crippen molar-refractivity contribution in [2.45, 2.75) is 0 Å². The van der Waals surface area contributed by atoms with Gasteiger partial charge in [0, 0.05) is 55.5 Å². The molecule has 0 bridgehead atoms. The van der Waals surface area contributed by atoms with E-state index in [1.807, 2.05) is 0 Å². The molecule has 2 heterocycles. The smallest absolute Gasteiger partial charge is 0.0619 e. The lowest BCUT2D eigenvalue weighted by Gasteiger charge is -2.25. The molecule has 0 spiro atoms. The third-order valence-electron chi connectivity index (χ3n) is 11.3. The SMILES string of the molecule is c1ccc(N(c2ccccc2)c2ccc(-c3cc(-c4ccc(-n5c6ccccc6c6ccccc65)cc4)cc4c5ccccc5n(-c5ccccc5)c34)cc2)cc1. The lowest BCUT2D eigenvalue weighted by Crippen LogP contribution is -2.09. The van der Waals surface area contributed by atoms with Gasteiger partial charge in [-0.3, -0.25) is 0 Å². The first kappa shape index (κ1) is 32.8. The number of anilines is 3. The summed E-state index contributed by atoms with van der Waals surface area (Å²) in [5.74, 6) is 0. The van der Waals surface area contributed by atoms with Crippen LogP contribution in [0.15, 0.2) is 224 Å². The summed E-state index contributed by atoms with van der Waals surface area (Å²) in [6, 6.07) is 81.1. The monoisotopic (exact) mass is 727 g/mol. The maximum atomic E-state index is 2.43. The zero-order valence-corrected chi connectivity index (χ0v) is 31.2. The van der Waals surface area contributed by atoms with Gasteiger partial charge in [-0.2, -0.15) is 0 Å². The Bertz CT molecular complexity index is 3100. The number of nitrogens with zero attached hydrogens (tertiary/aromatic N) is 3. The van der Waals surface area contributed by atoms with Crippen LogP contribution in [0.4, 0.5) is 17.1 Å². The van der Waals surface area contributed by atoms with Gasteiger partial charge >= 0.3 is 0 Å². The number of hydrogen-bond acceptors (Lipinski definition) is 1. The van der Waals surface area contributed by atoms with Gasteiger partial charge in [-0.05, 0) is 108 Å². The van der Waals surface area contributed by atoms with Crippen LogP contribution in [0, 0.1) is 0 Å². The summed E-state index contributed by atoms with van der Waals surface area (Å²) in [6.07, 6.45) is 0. The first-order valence-corrected chi connectivity index (χ1v) is 19.5. The Morgan fingerprint density at radius 3 is 1.26 bits per heavy atom. The quantitative estimate of drug-likeness (QED) is 0.159. The van der Waals surface area contributed by atoms with Gasteiger partial charge in [-0.25, -0.2) is 0 Å². The first-order valence-electron chi connectivity index (χ1n) is 19.5. The van der Waals surface area contributed by atoms with Gasteiger partial charge in [0.15, 0.2) is 0 Å². The van der Waals surface area contributed by atoms with E-state index in [1.54, 1.807) is 0 Å². The Morgan fingerprint density at radius 2 is 0.702 bits per heavy atom. The van der Waals surface area contributed by atoms with E-state index in [4.69, 9.17) is 0 Å².